The zero-order chi connectivity index (χ0) is 15.1. The van der Waals surface area contributed by atoms with Crippen molar-refractivity contribution in [3.8, 4) is 11.3 Å². The molecular formula is C17H15N3OS. The molecular weight excluding hydrogens is 294 g/mol. The second kappa shape index (κ2) is 5.10. The molecule has 0 spiro atoms. The minimum absolute atomic E-state index is 0.0952. The van der Waals surface area contributed by atoms with Crippen molar-refractivity contribution in [3.63, 3.8) is 0 Å². The Hall–Kier alpha value is -2.40. The molecule has 3 aromatic rings. The van der Waals surface area contributed by atoms with Crippen LogP contribution in [0.4, 0.5) is 5.69 Å². The Morgan fingerprint density at radius 1 is 1.27 bits per heavy atom. The molecule has 1 amide bonds. The molecule has 1 aliphatic rings. The zero-order valence-electron chi connectivity index (χ0n) is 12.1. The van der Waals surface area contributed by atoms with Crippen molar-refractivity contribution in [1.29, 1.82) is 0 Å². The van der Waals surface area contributed by atoms with Gasteiger partial charge >= 0.3 is 0 Å². The van der Waals surface area contributed by atoms with E-state index in [2.05, 4.69) is 15.3 Å². The second-order valence-electron chi connectivity index (χ2n) is 5.38. The first-order valence-electron chi connectivity index (χ1n) is 7.25. The van der Waals surface area contributed by atoms with Crippen LogP contribution in [0.15, 0.2) is 36.5 Å². The monoisotopic (exact) mass is 309 g/mol. The van der Waals surface area contributed by atoms with Crippen LogP contribution < -0.4 is 5.32 Å². The number of aromatic amines is 1. The third-order valence-corrected chi connectivity index (χ3v) is 4.91. The Labute approximate surface area is 132 Å². The van der Waals surface area contributed by atoms with E-state index in [0.717, 1.165) is 40.5 Å². The molecule has 1 aliphatic carbocycles. The predicted octanol–water partition coefficient (Wildman–Crippen LogP) is 3.80. The van der Waals surface area contributed by atoms with E-state index in [1.807, 2.05) is 37.3 Å². The Morgan fingerprint density at radius 2 is 2.09 bits per heavy atom. The van der Waals surface area contributed by atoms with E-state index < -0.39 is 0 Å². The van der Waals surface area contributed by atoms with Gasteiger partial charge in [-0.05, 0) is 31.9 Å². The number of carbonyl (C=O) groups excluding carboxylic acids is 1. The number of para-hydroxylation sites is 1. The first-order chi connectivity index (χ1) is 10.7. The highest BCUT2D eigenvalue weighted by Gasteiger charge is 2.27. The maximum atomic E-state index is 12.6. The first-order valence-corrected chi connectivity index (χ1v) is 8.07. The van der Waals surface area contributed by atoms with Crippen molar-refractivity contribution < 1.29 is 4.79 Å². The lowest BCUT2D eigenvalue weighted by atomic mass is 9.96. The van der Waals surface area contributed by atoms with E-state index in [1.54, 1.807) is 17.5 Å². The number of benzene rings is 1. The standard InChI is InChI=1S/C17H15N3OS/c1-10-19-16-14(22-10)8-7-13-15(16)12(9-18-13)17(21)20-11-5-3-2-4-6-11/h2-6,9,18H,7-8H2,1H3,(H,20,21). The van der Waals surface area contributed by atoms with Crippen LogP contribution in [0.1, 0.15) is 25.9 Å². The first kappa shape index (κ1) is 13.3. The molecule has 0 atom stereocenters. The van der Waals surface area contributed by atoms with E-state index in [0.29, 0.717) is 5.56 Å². The molecule has 0 radical (unpaired) electrons. The van der Waals surface area contributed by atoms with Crippen LogP contribution in [-0.4, -0.2) is 15.9 Å². The third-order valence-electron chi connectivity index (χ3n) is 3.88. The molecule has 0 bridgehead atoms. The van der Waals surface area contributed by atoms with Gasteiger partial charge in [-0.25, -0.2) is 4.98 Å². The van der Waals surface area contributed by atoms with Gasteiger partial charge in [0.2, 0.25) is 0 Å². The van der Waals surface area contributed by atoms with Crippen LogP contribution in [0.2, 0.25) is 0 Å². The van der Waals surface area contributed by atoms with Gasteiger partial charge in [0.15, 0.2) is 0 Å². The maximum Gasteiger partial charge on any atom is 0.257 e. The van der Waals surface area contributed by atoms with Crippen molar-refractivity contribution in [2.24, 2.45) is 0 Å². The maximum absolute atomic E-state index is 12.6. The van der Waals surface area contributed by atoms with Crippen LogP contribution in [0.5, 0.6) is 0 Å². The molecule has 2 heterocycles. The molecule has 0 aliphatic heterocycles. The van der Waals surface area contributed by atoms with Gasteiger partial charge in [0, 0.05) is 28.0 Å². The summed E-state index contributed by atoms with van der Waals surface area (Å²) in [6.07, 6.45) is 3.73. The Balaban J connectivity index is 1.73. The molecule has 4 nitrogen and oxygen atoms in total. The molecule has 1 aromatic carbocycles. The van der Waals surface area contributed by atoms with Gasteiger partial charge in [0.05, 0.1) is 16.3 Å². The minimum atomic E-state index is -0.0952. The summed E-state index contributed by atoms with van der Waals surface area (Å²) in [6.45, 7) is 2.01. The molecule has 5 heteroatoms. The smallest absolute Gasteiger partial charge is 0.257 e. The Kier molecular flexibility index (Phi) is 3.08. The second-order valence-corrected chi connectivity index (χ2v) is 6.67. The number of carbonyl (C=O) groups is 1. The summed E-state index contributed by atoms with van der Waals surface area (Å²) in [7, 11) is 0. The van der Waals surface area contributed by atoms with Crippen LogP contribution in [0, 0.1) is 6.92 Å². The number of rotatable bonds is 2. The van der Waals surface area contributed by atoms with Crippen LogP contribution >= 0.6 is 11.3 Å². The summed E-state index contributed by atoms with van der Waals surface area (Å²) in [4.78, 5) is 21.8. The molecule has 0 fully saturated rings. The number of fused-ring (bicyclic) bond motifs is 3. The minimum Gasteiger partial charge on any atom is -0.364 e. The topological polar surface area (TPSA) is 57.8 Å². The number of nitrogens with one attached hydrogen (secondary N) is 2. The molecule has 2 aromatic heterocycles. The van der Waals surface area contributed by atoms with Gasteiger partial charge in [-0.3, -0.25) is 4.79 Å². The van der Waals surface area contributed by atoms with Crippen LogP contribution in [0.25, 0.3) is 11.3 Å². The number of H-pyrrole nitrogens is 1. The normalized spacial score (nSPS) is 12.6. The number of nitrogens with zero attached hydrogens (tertiary/aromatic N) is 1. The summed E-state index contributed by atoms with van der Waals surface area (Å²) in [6, 6.07) is 9.51. The fraction of sp³-hybridized carbons (Fsp3) is 0.176. The quantitative estimate of drug-likeness (QED) is 0.756. The lowest BCUT2D eigenvalue weighted by Crippen LogP contribution is -2.13. The van der Waals surface area contributed by atoms with Gasteiger partial charge in [0.1, 0.15) is 0 Å². The molecule has 110 valence electrons. The SMILES string of the molecule is Cc1nc2c(s1)CCc1[nH]cc(C(=O)Nc3ccccc3)c1-2. The zero-order valence-corrected chi connectivity index (χ0v) is 13.0. The van der Waals surface area contributed by atoms with Gasteiger partial charge in [-0.1, -0.05) is 18.2 Å². The molecule has 0 saturated carbocycles. The molecule has 2 N–H and O–H groups in total. The van der Waals surface area contributed by atoms with Crippen molar-refractivity contribution in [2.75, 3.05) is 5.32 Å². The summed E-state index contributed by atoms with van der Waals surface area (Å²) in [5, 5.41) is 4.00. The average Bonchev–Trinajstić information content (AvgIpc) is 3.10. The number of aromatic nitrogens is 2. The van der Waals surface area contributed by atoms with Crippen molar-refractivity contribution in [1.82, 2.24) is 9.97 Å². The van der Waals surface area contributed by atoms with Gasteiger partial charge in [-0.2, -0.15) is 0 Å². The summed E-state index contributed by atoms with van der Waals surface area (Å²) < 4.78 is 0. The number of hydrogen-bond donors (Lipinski definition) is 2. The van der Waals surface area contributed by atoms with Crippen LogP contribution in [-0.2, 0) is 12.8 Å². The molecule has 0 unspecified atom stereocenters. The highest BCUT2D eigenvalue weighted by molar-refractivity contribution is 7.12. The molecule has 4 rings (SSSR count). The largest absolute Gasteiger partial charge is 0.364 e. The number of hydrogen-bond acceptors (Lipinski definition) is 3. The van der Waals surface area contributed by atoms with E-state index in [1.165, 1.54) is 4.88 Å². The fourth-order valence-electron chi connectivity index (χ4n) is 2.91. The van der Waals surface area contributed by atoms with E-state index in [-0.39, 0.29) is 5.91 Å². The highest BCUT2D eigenvalue weighted by Crippen LogP contribution is 2.38. The van der Waals surface area contributed by atoms with E-state index in [4.69, 9.17) is 0 Å². The highest BCUT2D eigenvalue weighted by atomic mass is 32.1. The molecule has 22 heavy (non-hydrogen) atoms. The summed E-state index contributed by atoms with van der Waals surface area (Å²) in [5.74, 6) is -0.0952. The Bertz CT molecular complexity index is 848. The van der Waals surface area contributed by atoms with Crippen molar-refractivity contribution in [2.45, 2.75) is 19.8 Å². The van der Waals surface area contributed by atoms with Gasteiger partial charge in [0.25, 0.3) is 5.91 Å². The van der Waals surface area contributed by atoms with Gasteiger partial charge in [-0.15, -0.1) is 11.3 Å². The number of amides is 1. The third kappa shape index (κ3) is 2.14. The summed E-state index contributed by atoms with van der Waals surface area (Å²) >= 11 is 1.72. The fourth-order valence-corrected chi connectivity index (χ4v) is 3.85. The Morgan fingerprint density at radius 3 is 2.91 bits per heavy atom. The van der Waals surface area contributed by atoms with E-state index in [9.17, 15) is 4.79 Å². The molecule has 0 saturated heterocycles. The summed E-state index contributed by atoms with van der Waals surface area (Å²) in [5.41, 5.74) is 4.52. The van der Waals surface area contributed by atoms with Crippen molar-refractivity contribution in [3.05, 3.63) is 57.7 Å². The lowest BCUT2D eigenvalue weighted by Gasteiger charge is -2.12. The van der Waals surface area contributed by atoms with Crippen molar-refractivity contribution >= 4 is 22.9 Å². The van der Waals surface area contributed by atoms with E-state index >= 15 is 0 Å². The number of aryl methyl sites for hydroxylation is 3. The average molecular weight is 309 g/mol. The predicted molar refractivity (Wildman–Crippen MR) is 88.4 cm³/mol. The van der Waals surface area contributed by atoms with Gasteiger partial charge < -0.3 is 10.3 Å². The lowest BCUT2D eigenvalue weighted by molar-refractivity contribution is 0.102. The number of anilines is 1. The number of thiazole rings is 1. The van der Waals surface area contributed by atoms with Crippen LogP contribution in [0.3, 0.4) is 0 Å².